The Balaban J connectivity index is -0.00000000396. The summed E-state index contributed by atoms with van der Waals surface area (Å²) < 4.78 is 0. The van der Waals surface area contributed by atoms with E-state index in [0.717, 1.165) is 0 Å². The van der Waals surface area contributed by atoms with Crippen molar-refractivity contribution in [3.8, 4) is 0 Å². The molecule has 0 aromatic carbocycles. The van der Waals surface area contributed by atoms with Crippen LogP contribution in [-0.2, 0) is 33.6 Å². The zero-order valence-electron chi connectivity index (χ0n) is 7.35. The van der Waals surface area contributed by atoms with Crippen molar-refractivity contribution in [1.82, 2.24) is 0 Å². The zero-order chi connectivity index (χ0) is 12.0. The molecule has 0 saturated heterocycles. The molecular weight excluding hydrogens is 310 g/mol. The second kappa shape index (κ2) is 12800. The quantitative estimate of drug-likeness (QED) is 0.360. The summed E-state index contributed by atoms with van der Waals surface area (Å²) in [7, 11) is 0. The van der Waals surface area contributed by atoms with Gasteiger partial charge < -0.3 is 71.0 Å². The smallest absolute Gasteiger partial charge is 0.512 e. The SMILES string of the molecule is [C-]#N.[C-]#N.[C-]#N.[C-]#N.[C-]#N.[C-]#N.[Fe+2].[K+].[Ni+2]. The van der Waals surface area contributed by atoms with E-state index in [1.54, 1.807) is 0 Å². The average Bonchev–Trinajstić information content (AvgIpc) is 2.33. The molecule has 0 amide bonds. The average molecular weight is 310 g/mol. The molecule has 0 aliphatic heterocycles. The Morgan fingerprint density at radius 2 is 0.400 bits per heavy atom. The van der Waals surface area contributed by atoms with Crippen molar-refractivity contribution in [3.63, 3.8) is 0 Å². The normalized spacial score (nSPS) is 0.800. The number of hydrogen-bond donors (Lipinski definition) is 0. The van der Waals surface area contributed by atoms with Gasteiger partial charge in [0.2, 0.25) is 0 Å². The molecule has 0 aliphatic carbocycles. The first-order valence-corrected chi connectivity index (χ1v) is 1.34. The predicted molar refractivity (Wildman–Crippen MR) is 29.8 cm³/mol. The minimum Gasteiger partial charge on any atom is -0.512 e. The number of nitrogens with zero attached hydrogens (tertiary/aromatic N) is 6. The maximum atomic E-state index is 6.25. The molecule has 0 radical (unpaired) electrons. The van der Waals surface area contributed by atoms with Gasteiger partial charge in [-0.3, -0.25) is 0 Å². The van der Waals surface area contributed by atoms with Crippen LogP contribution < -0.4 is 51.4 Å². The fraction of sp³-hybridized carbons (Fsp3) is 0. The molecule has 0 atom stereocenters. The topological polar surface area (TPSA) is 143 Å². The van der Waals surface area contributed by atoms with E-state index in [4.69, 9.17) is 71.0 Å². The Morgan fingerprint density at radius 1 is 0.400 bits per heavy atom. The van der Waals surface area contributed by atoms with Crippen LogP contribution in [0.2, 0.25) is 0 Å². The molecule has 0 saturated carbocycles. The fourth-order valence-corrected chi connectivity index (χ4v) is 0. The third-order valence-electron chi connectivity index (χ3n) is 0. The Bertz CT molecular complexity index is 103. The van der Waals surface area contributed by atoms with E-state index in [-0.39, 0.29) is 84.9 Å². The van der Waals surface area contributed by atoms with E-state index in [0.29, 0.717) is 0 Å². The van der Waals surface area contributed by atoms with E-state index in [1.165, 1.54) is 0 Å². The van der Waals surface area contributed by atoms with Gasteiger partial charge in [0.15, 0.2) is 0 Å². The molecule has 0 spiro atoms. The van der Waals surface area contributed by atoms with Gasteiger partial charge in [0.05, 0.1) is 0 Å². The second-order valence-electron chi connectivity index (χ2n) is 0. The van der Waals surface area contributed by atoms with Crippen LogP contribution >= 0.6 is 0 Å². The summed E-state index contributed by atoms with van der Waals surface area (Å²) in [6.45, 7) is 28.5. The van der Waals surface area contributed by atoms with Gasteiger partial charge in [0.25, 0.3) is 0 Å². The van der Waals surface area contributed by atoms with Gasteiger partial charge in [0.1, 0.15) is 0 Å². The predicted octanol–water partition coefficient (Wildman–Crippen LogP) is -2.42. The Morgan fingerprint density at radius 3 is 0.400 bits per heavy atom. The van der Waals surface area contributed by atoms with Crippen molar-refractivity contribution < 1.29 is 84.9 Å². The molecule has 0 heterocycles. The van der Waals surface area contributed by atoms with E-state index in [9.17, 15) is 0 Å². The van der Waals surface area contributed by atoms with Gasteiger partial charge in [-0.1, -0.05) is 0 Å². The first kappa shape index (κ1) is 86.2. The Labute approximate surface area is 154 Å². The minimum absolute atomic E-state index is 0. The van der Waals surface area contributed by atoms with Crippen LogP contribution in [0.3, 0.4) is 0 Å². The number of rotatable bonds is 0. The van der Waals surface area contributed by atoms with Crippen LogP contribution in [0, 0.1) is 71.0 Å². The van der Waals surface area contributed by atoms with Gasteiger partial charge in [-0.05, 0) is 0 Å². The molecule has 0 rings (SSSR count). The molecule has 0 unspecified atom stereocenters. The van der Waals surface area contributed by atoms with E-state index < -0.39 is 0 Å². The van der Waals surface area contributed by atoms with E-state index >= 15 is 0 Å². The standard InChI is InChI=1S/6CN.Fe.K.Ni/c6*1-2;;;/q6*-1;+2;+1;+2. The fourth-order valence-electron chi connectivity index (χ4n) is 0. The summed E-state index contributed by atoms with van der Waals surface area (Å²) in [5.41, 5.74) is 0. The van der Waals surface area contributed by atoms with Gasteiger partial charge in [-0.2, -0.15) is 0 Å². The summed E-state index contributed by atoms with van der Waals surface area (Å²) in [5.74, 6) is 0. The zero-order valence-corrected chi connectivity index (χ0v) is 12.6. The first-order valence-electron chi connectivity index (χ1n) is 1.34. The van der Waals surface area contributed by atoms with Crippen molar-refractivity contribution in [3.05, 3.63) is 39.4 Å². The minimum atomic E-state index is 0. The monoisotopic (exact) mass is 309 g/mol. The third kappa shape index (κ3) is 10800. The summed E-state index contributed by atoms with van der Waals surface area (Å²) in [6.07, 6.45) is 0. The third-order valence-corrected chi connectivity index (χ3v) is 0. The van der Waals surface area contributed by atoms with Gasteiger partial charge in [0, 0.05) is 0 Å². The molecule has 0 fully saturated rings. The summed E-state index contributed by atoms with van der Waals surface area (Å²) >= 11 is 0. The second-order valence-corrected chi connectivity index (χ2v) is 0. The van der Waals surface area contributed by atoms with Crippen LogP contribution in [0.1, 0.15) is 0 Å². The van der Waals surface area contributed by atoms with Crippen molar-refractivity contribution in [2.45, 2.75) is 0 Å². The van der Waals surface area contributed by atoms with E-state index in [1.807, 2.05) is 0 Å². The summed E-state index contributed by atoms with van der Waals surface area (Å²) in [5, 5.41) is 37.5. The van der Waals surface area contributed by atoms with Crippen molar-refractivity contribution >= 4 is 0 Å². The summed E-state index contributed by atoms with van der Waals surface area (Å²) in [4.78, 5) is 0. The molecule has 0 aromatic rings. The molecule has 9 heteroatoms. The molecule has 74 valence electrons. The van der Waals surface area contributed by atoms with Gasteiger partial charge >= 0.3 is 84.9 Å². The van der Waals surface area contributed by atoms with E-state index in [2.05, 4.69) is 0 Å². The first-order chi connectivity index (χ1) is 6.00. The maximum Gasteiger partial charge on any atom is 2.00 e. The molecule has 0 aromatic heterocycles. The maximum absolute atomic E-state index is 6.25. The molecule has 15 heavy (non-hydrogen) atoms. The van der Waals surface area contributed by atoms with Crippen LogP contribution in [0.15, 0.2) is 0 Å². The number of hydrogen-bond acceptors (Lipinski definition) is 6. The van der Waals surface area contributed by atoms with Crippen molar-refractivity contribution in [1.29, 1.82) is 31.6 Å². The molecule has 6 nitrogen and oxygen atoms in total. The largest absolute Gasteiger partial charge is 2.00 e. The molecule has 0 aliphatic rings. The van der Waals surface area contributed by atoms with Crippen molar-refractivity contribution in [2.24, 2.45) is 0 Å². The van der Waals surface area contributed by atoms with Crippen LogP contribution in [0.25, 0.3) is 0 Å². The van der Waals surface area contributed by atoms with Crippen LogP contribution in [-0.4, -0.2) is 0 Å². The van der Waals surface area contributed by atoms with Gasteiger partial charge in [-0.25, -0.2) is 0 Å². The van der Waals surface area contributed by atoms with Gasteiger partial charge in [-0.15, -0.1) is 0 Å². The molecular formula is C6FeKN6Ni-. The molecule has 0 N–H and O–H groups in total. The van der Waals surface area contributed by atoms with Crippen LogP contribution in [0.5, 0.6) is 0 Å². The summed E-state index contributed by atoms with van der Waals surface area (Å²) in [6, 6.07) is 0. The van der Waals surface area contributed by atoms with Crippen LogP contribution in [0.4, 0.5) is 0 Å². The molecule has 0 bridgehead atoms. The van der Waals surface area contributed by atoms with Crippen molar-refractivity contribution in [2.75, 3.05) is 0 Å². The Kier molecular flexibility index (Phi) is 73400. The Hall–Kier alpha value is -0.411.